The number of nitrogens with one attached hydrogen (secondary N) is 1. The van der Waals surface area contributed by atoms with Gasteiger partial charge in [-0.05, 0) is 39.5 Å². The summed E-state index contributed by atoms with van der Waals surface area (Å²) in [6.45, 7) is 8.28. The smallest absolute Gasteiger partial charge is 0.0157 e. The van der Waals surface area contributed by atoms with E-state index < -0.39 is 0 Å². The first kappa shape index (κ1) is 8.79. The maximum atomic E-state index is 3.72. The monoisotopic (exact) mass is 153 g/mol. The molecule has 0 bridgehead atoms. The summed E-state index contributed by atoms with van der Waals surface area (Å²) in [6.07, 6.45) is 7.05. The third-order valence-corrected chi connectivity index (χ3v) is 2.40. The lowest BCUT2D eigenvalue weighted by molar-refractivity contribution is 0.436. The van der Waals surface area contributed by atoms with Gasteiger partial charge in [-0.1, -0.05) is 6.08 Å². The van der Waals surface area contributed by atoms with Crippen LogP contribution in [0.3, 0.4) is 0 Å². The van der Waals surface area contributed by atoms with Crippen molar-refractivity contribution < 1.29 is 0 Å². The molecule has 64 valence electrons. The van der Waals surface area contributed by atoms with Crippen molar-refractivity contribution in [2.45, 2.75) is 51.1 Å². The number of hydrogen-bond donors (Lipinski definition) is 1. The van der Waals surface area contributed by atoms with Crippen LogP contribution in [-0.4, -0.2) is 11.6 Å². The van der Waals surface area contributed by atoms with E-state index in [-0.39, 0.29) is 0 Å². The van der Waals surface area contributed by atoms with Gasteiger partial charge in [0.1, 0.15) is 0 Å². The van der Waals surface area contributed by atoms with Crippen LogP contribution in [-0.2, 0) is 0 Å². The van der Waals surface area contributed by atoms with Crippen LogP contribution >= 0.6 is 0 Å². The second-order valence-corrected chi connectivity index (χ2v) is 3.97. The molecule has 0 spiro atoms. The van der Waals surface area contributed by atoms with Crippen LogP contribution < -0.4 is 5.32 Å². The number of allylic oxidation sites excluding steroid dienone is 1. The molecule has 1 N–H and O–H groups in total. The average molecular weight is 153 g/mol. The molecule has 0 radical (unpaired) electrons. The molecule has 1 nitrogen and oxygen atoms in total. The Morgan fingerprint density at radius 1 is 1.64 bits per heavy atom. The number of rotatable bonds is 5. The highest BCUT2D eigenvalue weighted by Crippen LogP contribution is 2.34. The van der Waals surface area contributed by atoms with E-state index in [1.807, 2.05) is 6.08 Å². The van der Waals surface area contributed by atoms with Gasteiger partial charge in [-0.25, -0.2) is 0 Å². The third-order valence-electron chi connectivity index (χ3n) is 2.40. The molecule has 11 heavy (non-hydrogen) atoms. The van der Waals surface area contributed by atoms with E-state index in [0.29, 0.717) is 11.6 Å². The van der Waals surface area contributed by atoms with Gasteiger partial charge in [-0.2, -0.15) is 0 Å². The molecule has 0 aromatic carbocycles. The fourth-order valence-corrected chi connectivity index (χ4v) is 1.37. The van der Waals surface area contributed by atoms with Crippen molar-refractivity contribution in [3.05, 3.63) is 12.7 Å². The van der Waals surface area contributed by atoms with Crippen molar-refractivity contribution in [3.8, 4) is 0 Å². The van der Waals surface area contributed by atoms with E-state index in [1.165, 1.54) is 19.3 Å². The Bertz CT molecular complexity index is 136. The molecule has 0 aliphatic heterocycles. The SMILES string of the molecule is C=CCCC(C)NC1(C)CC1. The minimum Gasteiger partial charge on any atom is -0.309 e. The quantitative estimate of drug-likeness (QED) is 0.598. The minimum atomic E-state index is 0.487. The maximum absolute atomic E-state index is 3.72. The van der Waals surface area contributed by atoms with Crippen molar-refractivity contribution >= 4 is 0 Å². The van der Waals surface area contributed by atoms with Crippen LogP contribution in [0, 0.1) is 0 Å². The molecular weight excluding hydrogens is 134 g/mol. The van der Waals surface area contributed by atoms with Gasteiger partial charge >= 0.3 is 0 Å². The fraction of sp³-hybridized carbons (Fsp3) is 0.800. The Balaban J connectivity index is 2.10. The van der Waals surface area contributed by atoms with E-state index in [2.05, 4.69) is 25.7 Å². The van der Waals surface area contributed by atoms with E-state index >= 15 is 0 Å². The highest BCUT2D eigenvalue weighted by molar-refractivity contribution is 4.98. The van der Waals surface area contributed by atoms with Crippen molar-refractivity contribution in [2.75, 3.05) is 0 Å². The molecule has 0 saturated heterocycles. The van der Waals surface area contributed by atoms with Crippen molar-refractivity contribution in [2.24, 2.45) is 0 Å². The van der Waals surface area contributed by atoms with Gasteiger partial charge in [-0.15, -0.1) is 6.58 Å². The van der Waals surface area contributed by atoms with Crippen molar-refractivity contribution in [1.82, 2.24) is 5.32 Å². The lowest BCUT2D eigenvalue weighted by Crippen LogP contribution is -2.35. The Morgan fingerprint density at radius 3 is 2.73 bits per heavy atom. The second-order valence-electron chi connectivity index (χ2n) is 3.97. The Labute approximate surface area is 69.9 Å². The molecule has 1 heteroatoms. The predicted molar refractivity (Wildman–Crippen MR) is 49.7 cm³/mol. The lowest BCUT2D eigenvalue weighted by Gasteiger charge is -2.18. The van der Waals surface area contributed by atoms with Crippen LogP contribution in [0.15, 0.2) is 12.7 Å². The zero-order valence-electron chi connectivity index (χ0n) is 7.69. The summed E-state index contributed by atoms with van der Waals surface area (Å²) in [5, 5.41) is 3.62. The molecule has 1 unspecified atom stereocenters. The van der Waals surface area contributed by atoms with Gasteiger partial charge in [0.25, 0.3) is 0 Å². The predicted octanol–water partition coefficient (Wildman–Crippen LogP) is 2.48. The van der Waals surface area contributed by atoms with Gasteiger partial charge in [-0.3, -0.25) is 0 Å². The van der Waals surface area contributed by atoms with Crippen molar-refractivity contribution in [3.63, 3.8) is 0 Å². The first-order chi connectivity index (χ1) is 5.16. The zero-order valence-corrected chi connectivity index (χ0v) is 7.69. The Kier molecular flexibility index (Phi) is 2.72. The summed E-state index contributed by atoms with van der Waals surface area (Å²) in [5.41, 5.74) is 0.487. The molecule has 1 fully saturated rings. The largest absolute Gasteiger partial charge is 0.309 e. The summed E-state index contributed by atoms with van der Waals surface area (Å²) in [6, 6.07) is 0.653. The molecular formula is C10H19N. The molecule has 1 aliphatic rings. The van der Waals surface area contributed by atoms with Crippen LogP contribution in [0.4, 0.5) is 0 Å². The second kappa shape index (κ2) is 3.40. The summed E-state index contributed by atoms with van der Waals surface area (Å²) in [5.74, 6) is 0. The normalized spacial score (nSPS) is 22.7. The summed E-state index contributed by atoms with van der Waals surface area (Å²) >= 11 is 0. The minimum absolute atomic E-state index is 0.487. The van der Waals surface area contributed by atoms with E-state index in [0.717, 1.165) is 6.42 Å². The maximum Gasteiger partial charge on any atom is 0.0157 e. The van der Waals surface area contributed by atoms with E-state index in [9.17, 15) is 0 Å². The topological polar surface area (TPSA) is 12.0 Å². The summed E-state index contributed by atoms with van der Waals surface area (Å²) in [7, 11) is 0. The molecule has 1 atom stereocenters. The lowest BCUT2D eigenvalue weighted by atomic mass is 10.1. The third kappa shape index (κ3) is 3.06. The zero-order chi connectivity index (χ0) is 8.32. The van der Waals surface area contributed by atoms with Gasteiger partial charge < -0.3 is 5.32 Å². The van der Waals surface area contributed by atoms with Crippen molar-refractivity contribution in [1.29, 1.82) is 0 Å². The van der Waals surface area contributed by atoms with E-state index in [4.69, 9.17) is 0 Å². The molecule has 0 amide bonds. The summed E-state index contributed by atoms with van der Waals surface area (Å²) < 4.78 is 0. The van der Waals surface area contributed by atoms with Gasteiger partial charge in [0.05, 0.1) is 0 Å². The van der Waals surface area contributed by atoms with Crippen LogP contribution in [0.25, 0.3) is 0 Å². The Morgan fingerprint density at radius 2 is 2.27 bits per heavy atom. The van der Waals surface area contributed by atoms with Gasteiger partial charge in [0.2, 0.25) is 0 Å². The first-order valence-electron chi connectivity index (χ1n) is 4.55. The fourth-order valence-electron chi connectivity index (χ4n) is 1.37. The van der Waals surface area contributed by atoms with Crippen LogP contribution in [0.2, 0.25) is 0 Å². The Hall–Kier alpha value is -0.300. The molecule has 0 heterocycles. The number of hydrogen-bond acceptors (Lipinski definition) is 1. The first-order valence-corrected chi connectivity index (χ1v) is 4.55. The van der Waals surface area contributed by atoms with Gasteiger partial charge in [0, 0.05) is 11.6 Å². The standard InChI is InChI=1S/C10H19N/c1-4-5-6-9(2)11-10(3)7-8-10/h4,9,11H,1,5-8H2,2-3H3. The molecule has 0 aromatic heterocycles. The molecule has 1 saturated carbocycles. The summed E-state index contributed by atoms with van der Waals surface area (Å²) in [4.78, 5) is 0. The van der Waals surface area contributed by atoms with Gasteiger partial charge in [0.15, 0.2) is 0 Å². The molecule has 1 aliphatic carbocycles. The molecule has 0 aromatic rings. The van der Waals surface area contributed by atoms with Crippen LogP contribution in [0.5, 0.6) is 0 Å². The highest BCUT2D eigenvalue weighted by atomic mass is 15.0. The highest BCUT2D eigenvalue weighted by Gasteiger charge is 2.37. The average Bonchev–Trinajstić information content (AvgIpc) is 2.63. The molecule has 1 rings (SSSR count). The van der Waals surface area contributed by atoms with Crippen LogP contribution in [0.1, 0.15) is 39.5 Å². The van der Waals surface area contributed by atoms with E-state index in [1.54, 1.807) is 0 Å².